The summed E-state index contributed by atoms with van der Waals surface area (Å²) in [7, 11) is 0. The van der Waals surface area contributed by atoms with Gasteiger partial charge in [-0.3, -0.25) is 0 Å². The van der Waals surface area contributed by atoms with Gasteiger partial charge in [0.15, 0.2) is 5.96 Å². The van der Waals surface area contributed by atoms with E-state index in [0.29, 0.717) is 24.9 Å². The number of aryl methyl sites for hydroxylation is 2. The number of guanidine groups is 1. The number of aliphatic hydroxyl groups excluding tert-OH is 1. The van der Waals surface area contributed by atoms with E-state index in [1.165, 1.54) is 0 Å². The summed E-state index contributed by atoms with van der Waals surface area (Å²) < 4.78 is 5.55. The van der Waals surface area contributed by atoms with Crippen LogP contribution in [-0.2, 0) is 6.54 Å². The molecule has 6 heteroatoms. The third-order valence-corrected chi connectivity index (χ3v) is 3.80. The minimum atomic E-state index is 0.0151. The van der Waals surface area contributed by atoms with Gasteiger partial charge in [0.2, 0.25) is 5.89 Å². The fraction of sp³-hybridized carbons (Fsp3) is 0.444. The summed E-state index contributed by atoms with van der Waals surface area (Å²) in [5, 5.41) is 16.1. The molecule has 130 valence electrons. The Morgan fingerprint density at radius 1 is 1.25 bits per heavy atom. The minimum Gasteiger partial charge on any atom is -0.444 e. The molecule has 0 spiro atoms. The molecule has 1 unspecified atom stereocenters. The van der Waals surface area contributed by atoms with Crippen LogP contribution in [0.3, 0.4) is 0 Å². The zero-order valence-corrected chi connectivity index (χ0v) is 14.5. The summed E-state index contributed by atoms with van der Waals surface area (Å²) in [6.45, 7) is 7.62. The fourth-order valence-corrected chi connectivity index (χ4v) is 2.33. The van der Waals surface area contributed by atoms with Crippen molar-refractivity contribution in [2.75, 3.05) is 19.7 Å². The Morgan fingerprint density at radius 2 is 2.00 bits per heavy atom. The van der Waals surface area contributed by atoms with Crippen molar-refractivity contribution in [3.63, 3.8) is 0 Å². The first kappa shape index (κ1) is 18.0. The molecule has 0 amide bonds. The highest BCUT2D eigenvalue weighted by Crippen LogP contribution is 2.13. The van der Waals surface area contributed by atoms with Gasteiger partial charge in [-0.05, 0) is 26.3 Å². The van der Waals surface area contributed by atoms with Crippen LogP contribution >= 0.6 is 0 Å². The van der Waals surface area contributed by atoms with Gasteiger partial charge >= 0.3 is 0 Å². The van der Waals surface area contributed by atoms with Crippen LogP contribution in [0.2, 0.25) is 0 Å². The Bertz CT molecular complexity index is 633. The van der Waals surface area contributed by atoms with Gasteiger partial charge in [0.25, 0.3) is 0 Å². The highest BCUT2D eigenvalue weighted by atomic mass is 16.4. The van der Waals surface area contributed by atoms with Crippen molar-refractivity contribution in [1.82, 2.24) is 15.6 Å². The molecular weight excluding hydrogens is 304 g/mol. The minimum absolute atomic E-state index is 0.0151. The zero-order chi connectivity index (χ0) is 17.4. The Labute approximate surface area is 143 Å². The summed E-state index contributed by atoms with van der Waals surface area (Å²) in [6.07, 6.45) is 0. The van der Waals surface area contributed by atoms with E-state index in [0.717, 1.165) is 23.6 Å². The quantitative estimate of drug-likeness (QED) is 0.535. The van der Waals surface area contributed by atoms with Crippen molar-refractivity contribution in [1.29, 1.82) is 0 Å². The summed E-state index contributed by atoms with van der Waals surface area (Å²) in [4.78, 5) is 8.83. The molecule has 0 saturated heterocycles. The molecule has 1 atom stereocenters. The number of benzene rings is 1. The van der Waals surface area contributed by atoms with Gasteiger partial charge in [0.1, 0.15) is 12.3 Å². The van der Waals surface area contributed by atoms with E-state index in [4.69, 9.17) is 4.42 Å². The maximum atomic E-state index is 9.64. The van der Waals surface area contributed by atoms with E-state index in [1.807, 2.05) is 51.1 Å². The summed E-state index contributed by atoms with van der Waals surface area (Å²) in [5.74, 6) is 2.12. The Morgan fingerprint density at radius 3 is 2.58 bits per heavy atom. The Kier molecular flexibility index (Phi) is 6.81. The van der Waals surface area contributed by atoms with Crippen molar-refractivity contribution < 1.29 is 9.52 Å². The van der Waals surface area contributed by atoms with Crippen LogP contribution in [0.5, 0.6) is 0 Å². The lowest BCUT2D eigenvalue weighted by Gasteiger charge is -2.17. The van der Waals surface area contributed by atoms with Crippen LogP contribution in [0.1, 0.15) is 35.7 Å². The Balaban J connectivity index is 1.98. The summed E-state index contributed by atoms with van der Waals surface area (Å²) in [6, 6.07) is 9.96. The van der Waals surface area contributed by atoms with Crippen LogP contribution in [0.4, 0.5) is 0 Å². The number of nitrogens with zero attached hydrogens (tertiary/aromatic N) is 2. The zero-order valence-electron chi connectivity index (χ0n) is 14.5. The molecule has 0 fully saturated rings. The monoisotopic (exact) mass is 330 g/mol. The van der Waals surface area contributed by atoms with Gasteiger partial charge < -0.3 is 20.2 Å². The average molecular weight is 330 g/mol. The molecule has 24 heavy (non-hydrogen) atoms. The molecule has 1 aromatic heterocycles. The number of hydrogen-bond acceptors (Lipinski definition) is 4. The van der Waals surface area contributed by atoms with Gasteiger partial charge in [-0.25, -0.2) is 9.98 Å². The predicted octanol–water partition coefficient (Wildman–Crippen LogP) is 2.12. The van der Waals surface area contributed by atoms with Crippen molar-refractivity contribution in [2.45, 2.75) is 33.2 Å². The molecule has 0 bridgehead atoms. The fourth-order valence-electron chi connectivity index (χ4n) is 2.33. The Hall–Kier alpha value is -2.34. The lowest BCUT2D eigenvalue weighted by atomic mass is 10.0. The molecule has 2 rings (SSSR count). The largest absolute Gasteiger partial charge is 0.444 e. The van der Waals surface area contributed by atoms with Gasteiger partial charge in [-0.1, -0.05) is 30.3 Å². The average Bonchev–Trinajstić information content (AvgIpc) is 2.92. The van der Waals surface area contributed by atoms with Crippen molar-refractivity contribution >= 4 is 5.96 Å². The number of aliphatic hydroxyl groups is 1. The normalized spacial score (nSPS) is 12.9. The molecule has 1 heterocycles. The predicted molar refractivity (Wildman–Crippen MR) is 95.1 cm³/mol. The van der Waals surface area contributed by atoms with Crippen molar-refractivity contribution in [2.24, 2.45) is 4.99 Å². The first-order valence-corrected chi connectivity index (χ1v) is 8.25. The molecule has 3 N–H and O–H groups in total. The lowest BCUT2D eigenvalue weighted by molar-refractivity contribution is 0.265. The van der Waals surface area contributed by atoms with Gasteiger partial charge in [0, 0.05) is 19.0 Å². The molecule has 0 saturated carbocycles. The van der Waals surface area contributed by atoms with E-state index >= 15 is 0 Å². The van der Waals surface area contributed by atoms with Crippen molar-refractivity contribution in [3.05, 3.63) is 53.2 Å². The number of hydrogen-bond donors (Lipinski definition) is 3. The number of aromatic nitrogens is 1. The third kappa shape index (κ3) is 5.09. The van der Waals surface area contributed by atoms with E-state index in [1.54, 1.807) is 0 Å². The second kappa shape index (κ2) is 9.08. The maximum Gasteiger partial charge on any atom is 0.216 e. The molecule has 1 aromatic carbocycles. The molecular formula is C18H26N4O2. The maximum absolute atomic E-state index is 9.64. The first-order chi connectivity index (χ1) is 11.6. The second-order valence-corrected chi connectivity index (χ2v) is 5.62. The molecule has 0 aliphatic rings. The van der Waals surface area contributed by atoms with Crippen LogP contribution in [0.25, 0.3) is 0 Å². The molecule has 0 aliphatic heterocycles. The SMILES string of the molecule is CCNC(=NCc1nc(C)c(C)o1)NCC(CO)c1ccccc1. The molecule has 2 aromatic rings. The molecule has 0 radical (unpaired) electrons. The second-order valence-electron chi connectivity index (χ2n) is 5.62. The smallest absolute Gasteiger partial charge is 0.216 e. The standard InChI is InChI=1S/C18H26N4O2/c1-4-19-18(21-11-17-22-13(2)14(3)24-17)20-10-16(12-23)15-8-6-5-7-9-15/h5-9,16,23H,4,10-12H2,1-3H3,(H2,19,20,21). The van der Waals surface area contributed by atoms with E-state index in [9.17, 15) is 5.11 Å². The number of oxazole rings is 1. The van der Waals surface area contributed by atoms with E-state index < -0.39 is 0 Å². The van der Waals surface area contributed by atoms with Crippen LogP contribution in [0, 0.1) is 13.8 Å². The van der Waals surface area contributed by atoms with E-state index in [2.05, 4.69) is 20.6 Å². The van der Waals surface area contributed by atoms with Crippen molar-refractivity contribution in [3.8, 4) is 0 Å². The van der Waals surface area contributed by atoms with Crippen LogP contribution in [0.15, 0.2) is 39.7 Å². The highest BCUT2D eigenvalue weighted by molar-refractivity contribution is 5.79. The number of rotatable bonds is 7. The first-order valence-electron chi connectivity index (χ1n) is 8.25. The van der Waals surface area contributed by atoms with E-state index in [-0.39, 0.29) is 12.5 Å². The molecule has 0 aliphatic carbocycles. The van der Waals surface area contributed by atoms with Crippen LogP contribution < -0.4 is 10.6 Å². The third-order valence-electron chi connectivity index (χ3n) is 3.80. The number of nitrogens with one attached hydrogen (secondary N) is 2. The summed E-state index contributed by atoms with van der Waals surface area (Å²) in [5.41, 5.74) is 1.99. The molecule has 6 nitrogen and oxygen atoms in total. The van der Waals surface area contributed by atoms with Gasteiger partial charge in [0.05, 0.1) is 12.3 Å². The number of aliphatic imine (C=N–C) groups is 1. The summed E-state index contributed by atoms with van der Waals surface area (Å²) >= 11 is 0. The topological polar surface area (TPSA) is 82.7 Å². The van der Waals surface area contributed by atoms with Gasteiger partial charge in [-0.2, -0.15) is 0 Å². The highest BCUT2D eigenvalue weighted by Gasteiger charge is 2.11. The lowest BCUT2D eigenvalue weighted by Crippen LogP contribution is -2.39. The van der Waals surface area contributed by atoms with Crippen LogP contribution in [-0.4, -0.2) is 35.7 Å². The van der Waals surface area contributed by atoms with Gasteiger partial charge in [-0.15, -0.1) is 0 Å².